The summed E-state index contributed by atoms with van der Waals surface area (Å²) in [7, 11) is 0. The second-order valence-corrected chi connectivity index (χ2v) is 2.10. The third kappa shape index (κ3) is 2.31. The standard InChI is InChI=1S/C6H10N4O2/c1-2-12-3-4-8-5(7)10-6(11)9-4/h2-3H2,1H3,(H3,7,8,9,10,11). The van der Waals surface area contributed by atoms with Crippen LogP contribution in [-0.2, 0) is 11.3 Å². The van der Waals surface area contributed by atoms with Crippen molar-refractivity contribution in [1.29, 1.82) is 0 Å². The second-order valence-electron chi connectivity index (χ2n) is 2.10. The van der Waals surface area contributed by atoms with Gasteiger partial charge in [0.1, 0.15) is 12.4 Å². The molecule has 0 unspecified atom stereocenters. The maximum Gasteiger partial charge on any atom is 0.349 e. The summed E-state index contributed by atoms with van der Waals surface area (Å²) in [5.41, 5.74) is 4.73. The molecule has 3 N–H and O–H groups in total. The van der Waals surface area contributed by atoms with E-state index in [1.807, 2.05) is 6.92 Å². The molecule has 1 rings (SSSR count). The smallest absolute Gasteiger partial charge is 0.349 e. The molecule has 12 heavy (non-hydrogen) atoms. The quantitative estimate of drug-likeness (QED) is 0.624. The number of aromatic nitrogens is 3. The summed E-state index contributed by atoms with van der Waals surface area (Å²) >= 11 is 0. The fourth-order valence-electron chi connectivity index (χ4n) is 0.714. The summed E-state index contributed by atoms with van der Waals surface area (Å²) in [4.78, 5) is 20.2. The Labute approximate surface area is 68.8 Å². The van der Waals surface area contributed by atoms with Crippen molar-refractivity contribution in [1.82, 2.24) is 15.0 Å². The number of rotatable bonds is 3. The highest BCUT2D eigenvalue weighted by Gasteiger charge is 1.98. The van der Waals surface area contributed by atoms with E-state index in [4.69, 9.17) is 10.5 Å². The van der Waals surface area contributed by atoms with Crippen molar-refractivity contribution in [2.75, 3.05) is 12.3 Å². The first-order valence-corrected chi connectivity index (χ1v) is 3.53. The van der Waals surface area contributed by atoms with Crippen molar-refractivity contribution >= 4 is 5.95 Å². The summed E-state index contributed by atoms with van der Waals surface area (Å²) in [5, 5.41) is 0. The summed E-state index contributed by atoms with van der Waals surface area (Å²) in [5.74, 6) is 0.364. The van der Waals surface area contributed by atoms with Crippen molar-refractivity contribution in [3.8, 4) is 0 Å². The first kappa shape index (κ1) is 8.66. The molecule has 0 aliphatic carbocycles. The fraction of sp³-hybridized carbons (Fsp3) is 0.500. The van der Waals surface area contributed by atoms with E-state index >= 15 is 0 Å². The molecule has 0 aliphatic rings. The van der Waals surface area contributed by atoms with Crippen LogP contribution in [0, 0.1) is 0 Å². The lowest BCUT2D eigenvalue weighted by Crippen LogP contribution is -2.17. The number of nitrogens with one attached hydrogen (secondary N) is 1. The molecule has 0 saturated heterocycles. The fourth-order valence-corrected chi connectivity index (χ4v) is 0.714. The molecule has 66 valence electrons. The van der Waals surface area contributed by atoms with Crippen LogP contribution in [0.2, 0.25) is 0 Å². The van der Waals surface area contributed by atoms with Gasteiger partial charge in [0.15, 0.2) is 0 Å². The molecule has 0 saturated carbocycles. The number of ether oxygens (including phenoxy) is 1. The molecule has 0 bridgehead atoms. The van der Waals surface area contributed by atoms with Gasteiger partial charge in [0.25, 0.3) is 0 Å². The van der Waals surface area contributed by atoms with Gasteiger partial charge in [0, 0.05) is 6.61 Å². The molecule has 1 heterocycles. The number of nitrogens with two attached hydrogens (primary N) is 1. The minimum absolute atomic E-state index is 0.0338. The highest BCUT2D eigenvalue weighted by atomic mass is 16.5. The van der Waals surface area contributed by atoms with E-state index in [0.717, 1.165) is 0 Å². The number of anilines is 1. The van der Waals surface area contributed by atoms with Gasteiger partial charge in [-0.15, -0.1) is 0 Å². The average Bonchev–Trinajstić information content (AvgIpc) is 1.99. The Morgan fingerprint density at radius 1 is 1.58 bits per heavy atom. The number of H-pyrrole nitrogens is 1. The van der Waals surface area contributed by atoms with Gasteiger partial charge >= 0.3 is 5.69 Å². The Balaban J connectivity index is 2.79. The molecule has 1 aromatic heterocycles. The van der Waals surface area contributed by atoms with Crippen LogP contribution < -0.4 is 11.4 Å². The van der Waals surface area contributed by atoms with E-state index in [0.29, 0.717) is 12.4 Å². The highest BCUT2D eigenvalue weighted by Crippen LogP contribution is 1.91. The monoisotopic (exact) mass is 170 g/mol. The highest BCUT2D eigenvalue weighted by molar-refractivity contribution is 5.12. The molecule has 6 heteroatoms. The molecule has 0 fully saturated rings. The van der Waals surface area contributed by atoms with Gasteiger partial charge in [0.05, 0.1) is 0 Å². The van der Waals surface area contributed by atoms with E-state index in [1.54, 1.807) is 0 Å². The molecule has 0 aromatic carbocycles. The van der Waals surface area contributed by atoms with Crippen LogP contribution in [0.4, 0.5) is 5.95 Å². The van der Waals surface area contributed by atoms with Crippen LogP contribution in [-0.4, -0.2) is 21.6 Å². The topological polar surface area (TPSA) is 93.9 Å². The van der Waals surface area contributed by atoms with Crippen molar-refractivity contribution in [3.05, 3.63) is 16.3 Å². The molecule has 0 atom stereocenters. The van der Waals surface area contributed by atoms with Gasteiger partial charge < -0.3 is 10.5 Å². The molecule has 0 spiro atoms. The molecule has 0 radical (unpaired) electrons. The molecule has 1 aromatic rings. The van der Waals surface area contributed by atoms with Crippen molar-refractivity contribution in [2.24, 2.45) is 0 Å². The number of nitrogen functional groups attached to an aromatic ring is 1. The van der Waals surface area contributed by atoms with Gasteiger partial charge in [-0.1, -0.05) is 0 Å². The van der Waals surface area contributed by atoms with Crippen molar-refractivity contribution < 1.29 is 4.74 Å². The Morgan fingerprint density at radius 3 is 2.92 bits per heavy atom. The van der Waals surface area contributed by atoms with Gasteiger partial charge in [-0.05, 0) is 6.92 Å². The Bertz CT molecular complexity index is 309. The SMILES string of the molecule is CCOCc1nc(N)nc(=O)[nH]1. The van der Waals surface area contributed by atoms with Crippen LogP contribution in [0.1, 0.15) is 12.7 Å². The Morgan fingerprint density at radius 2 is 2.33 bits per heavy atom. The largest absolute Gasteiger partial charge is 0.374 e. The van der Waals surface area contributed by atoms with E-state index in [9.17, 15) is 4.79 Å². The van der Waals surface area contributed by atoms with Crippen LogP contribution >= 0.6 is 0 Å². The van der Waals surface area contributed by atoms with E-state index < -0.39 is 5.69 Å². The molecule has 0 aliphatic heterocycles. The second kappa shape index (κ2) is 3.82. The Hall–Kier alpha value is -1.43. The number of hydrogen-bond acceptors (Lipinski definition) is 5. The van der Waals surface area contributed by atoms with Gasteiger partial charge in [-0.3, -0.25) is 4.98 Å². The lowest BCUT2D eigenvalue weighted by molar-refractivity contribution is 0.128. The first-order valence-electron chi connectivity index (χ1n) is 3.53. The average molecular weight is 170 g/mol. The molecular formula is C6H10N4O2. The van der Waals surface area contributed by atoms with Crippen LogP contribution in [0.3, 0.4) is 0 Å². The first-order chi connectivity index (χ1) is 5.72. The normalized spacial score (nSPS) is 10.1. The van der Waals surface area contributed by atoms with Crippen LogP contribution in [0.5, 0.6) is 0 Å². The lowest BCUT2D eigenvalue weighted by Gasteiger charge is -1.99. The Kier molecular flexibility index (Phi) is 2.76. The summed E-state index contributed by atoms with van der Waals surface area (Å²) in [6.45, 7) is 2.66. The minimum atomic E-state index is -0.503. The predicted molar refractivity (Wildman–Crippen MR) is 42.4 cm³/mol. The maximum atomic E-state index is 10.7. The van der Waals surface area contributed by atoms with Crippen LogP contribution in [0.25, 0.3) is 0 Å². The summed E-state index contributed by atoms with van der Waals surface area (Å²) < 4.78 is 5.01. The lowest BCUT2D eigenvalue weighted by atomic mass is 10.6. The van der Waals surface area contributed by atoms with Gasteiger partial charge in [-0.25, -0.2) is 4.79 Å². The van der Waals surface area contributed by atoms with E-state index in [2.05, 4.69) is 15.0 Å². The minimum Gasteiger partial charge on any atom is -0.374 e. The molecule has 6 nitrogen and oxygen atoms in total. The number of aromatic amines is 1. The molecular weight excluding hydrogens is 160 g/mol. The predicted octanol–water partition coefficient (Wildman–Crippen LogP) is -0.716. The van der Waals surface area contributed by atoms with Gasteiger partial charge in [0.2, 0.25) is 5.95 Å². The van der Waals surface area contributed by atoms with E-state index in [-0.39, 0.29) is 12.6 Å². The third-order valence-corrected chi connectivity index (χ3v) is 1.16. The number of nitrogens with zero attached hydrogens (tertiary/aromatic N) is 2. The zero-order chi connectivity index (χ0) is 8.97. The van der Waals surface area contributed by atoms with Gasteiger partial charge in [-0.2, -0.15) is 9.97 Å². The molecule has 0 amide bonds. The maximum absolute atomic E-state index is 10.7. The third-order valence-electron chi connectivity index (χ3n) is 1.16. The summed E-state index contributed by atoms with van der Waals surface area (Å²) in [6, 6.07) is 0. The van der Waals surface area contributed by atoms with E-state index in [1.165, 1.54) is 0 Å². The van der Waals surface area contributed by atoms with Crippen molar-refractivity contribution in [2.45, 2.75) is 13.5 Å². The van der Waals surface area contributed by atoms with Crippen molar-refractivity contribution in [3.63, 3.8) is 0 Å². The number of hydrogen-bond donors (Lipinski definition) is 2. The zero-order valence-corrected chi connectivity index (χ0v) is 6.70. The van der Waals surface area contributed by atoms with Crippen LogP contribution in [0.15, 0.2) is 4.79 Å². The zero-order valence-electron chi connectivity index (χ0n) is 6.70. The summed E-state index contributed by atoms with van der Waals surface area (Å²) in [6.07, 6.45) is 0.